The third-order valence-electron chi connectivity index (χ3n) is 3.08. The molecule has 0 unspecified atom stereocenters. The van der Waals surface area contributed by atoms with Crippen molar-refractivity contribution in [2.45, 2.75) is 19.3 Å². The van der Waals surface area contributed by atoms with Gasteiger partial charge in [0.15, 0.2) is 0 Å². The molecular weight excluding hydrogens is 259 g/mol. The fourth-order valence-electron chi connectivity index (χ4n) is 1.77. The molecule has 0 aliphatic heterocycles. The van der Waals surface area contributed by atoms with Crippen LogP contribution in [-0.2, 0) is 0 Å². The van der Waals surface area contributed by atoms with Crippen LogP contribution < -0.4 is 10.5 Å². The summed E-state index contributed by atoms with van der Waals surface area (Å²) in [7, 11) is 0. The van der Waals surface area contributed by atoms with Gasteiger partial charge in [0.2, 0.25) is 0 Å². The molecule has 6 heteroatoms. The molecule has 98 valence electrons. The normalized spacial score (nSPS) is 17.6. The van der Waals surface area contributed by atoms with Crippen molar-refractivity contribution < 1.29 is 14.3 Å². The smallest absolute Gasteiger partial charge is 0.142 e. The molecule has 1 fully saturated rings. The van der Waals surface area contributed by atoms with E-state index in [-0.39, 0.29) is 16.3 Å². The number of amidine groups is 1. The molecule has 2 rings (SSSR count). The van der Waals surface area contributed by atoms with Gasteiger partial charge in [0.1, 0.15) is 17.4 Å². The van der Waals surface area contributed by atoms with Crippen LogP contribution in [0, 0.1) is 11.2 Å². The van der Waals surface area contributed by atoms with Crippen LogP contribution in [0.2, 0.25) is 5.02 Å². The maximum Gasteiger partial charge on any atom is 0.142 e. The Labute approximate surface area is 109 Å². The quantitative estimate of drug-likeness (QED) is 0.375. The molecule has 18 heavy (non-hydrogen) atoms. The summed E-state index contributed by atoms with van der Waals surface area (Å²) in [6.45, 7) is 0.450. The molecule has 0 saturated heterocycles. The summed E-state index contributed by atoms with van der Waals surface area (Å²) in [5.41, 5.74) is 5.43. The number of ether oxygens (including phenoxy) is 1. The first-order chi connectivity index (χ1) is 8.54. The van der Waals surface area contributed by atoms with Gasteiger partial charge < -0.3 is 15.7 Å². The molecule has 0 bridgehead atoms. The van der Waals surface area contributed by atoms with Crippen molar-refractivity contribution in [3.8, 4) is 5.75 Å². The van der Waals surface area contributed by atoms with Crippen LogP contribution in [0.1, 0.15) is 19.3 Å². The van der Waals surface area contributed by atoms with E-state index in [1.165, 1.54) is 18.2 Å². The molecule has 0 aromatic heterocycles. The highest BCUT2D eigenvalue weighted by atomic mass is 35.5. The summed E-state index contributed by atoms with van der Waals surface area (Å²) in [6.07, 6.45) is 2.44. The topological polar surface area (TPSA) is 67.8 Å². The van der Waals surface area contributed by atoms with Crippen LogP contribution in [-0.4, -0.2) is 17.6 Å². The van der Waals surface area contributed by atoms with Gasteiger partial charge in [-0.15, -0.1) is 0 Å². The number of nitrogens with zero attached hydrogens (tertiary/aromatic N) is 1. The lowest BCUT2D eigenvalue weighted by Gasteiger charge is -2.15. The number of oxime groups is 1. The minimum Gasteiger partial charge on any atom is -0.493 e. The summed E-state index contributed by atoms with van der Waals surface area (Å²) in [4.78, 5) is 0. The van der Waals surface area contributed by atoms with Crippen molar-refractivity contribution in [2.24, 2.45) is 16.3 Å². The maximum atomic E-state index is 13.0. The summed E-state index contributed by atoms with van der Waals surface area (Å²) in [5, 5.41) is 11.5. The van der Waals surface area contributed by atoms with Gasteiger partial charge in [0, 0.05) is 17.9 Å². The third kappa shape index (κ3) is 3.04. The largest absolute Gasteiger partial charge is 0.493 e. The van der Waals surface area contributed by atoms with E-state index < -0.39 is 5.82 Å². The van der Waals surface area contributed by atoms with E-state index in [2.05, 4.69) is 5.16 Å². The van der Waals surface area contributed by atoms with Crippen molar-refractivity contribution in [1.29, 1.82) is 0 Å². The van der Waals surface area contributed by atoms with Crippen molar-refractivity contribution in [3.05, 3.63) is 29.0 Å². The molecule has 0 heterocycles. The van der Waals surface area contributed by atoms with Gasteiger partial charge in [-0.05, 0) is 25.0 Å². The van der Waals surface area contributed by atoms with E-state index in [9.17, 15) is 4.39 Å². The van der Waals surface area contributed by atoms with Crippen molar-refractivity contribution >= 4 is 17.4 Å². The predicted molar refractivity (Wildman–Crippen MR) is 66.6 cm³/mol. The number of hydrogen-bond acceptors (Lipinski definition) is 3. The second kappa shape index (κ2) is 5.02. The molecule has 1 aromatic carbocycles. The Morgan fingerprint density at radius 1 is 1.56 bits per heavy atom. The lowest BCUT2D eigenvalue weighted by molar-refractivity contribution is 0.236. The Morgan fingerprint density at radius 3 is 2.83 bits per heavy atom. The van der Waals surface area contributed by atoms with E-state index >= 15 is 0 Å². The number of benzene rings is 1. The molecule has 0 atom stereocenters. The number of hydrogen-bond donors (Lipinski definition) is 2. The first-order valence-corrected chi connectivity index (χ1v) is 5.97. The standard InChI is InChI=1S/C12H14ClFN2O2/c13-9-5-8(1-2-10(9)14)18-7-12(3-4-12)6-11(15)16-17/h1-2,5,17H,3-4,6-7H2,(H2,15,16). The van der Waals surface area contributed by atoms with Gasteiger partial charge >= 0.3 is 0 Å². The van der Waals surface area contributed by atoms with Gasteiger partial charge in [0.25, 0.3) is 0 Å². The van der Waals surface area contributed by atoms with Gasteiger partial charge in [-0.25, -0.2) is 4.39 Å². The SMILES string of the molecule is NC(CC1(COc2ccc(F)c(Cl)c2)CC1)=NO. The first kappa shape index (κ1) is 13.0. The highest BCUT2D eigenvalue weighted by Gasteiger charge is 2.44. The minimum absolute atomic E-state index is 0.0359. The van der Waals surface area contributed by atoms with Crippen LogP contribution in [0.5, 0.6) is 5.75 Å². The average Bonchev–Trinajstić information content (AvgIpc) is 3.11. The minimum atomic E-state index is -0.471. The Hall–Kier alpha value is -1.49. The zero-order valence-electron chi connectivity index (χ0n) is 9.70. The van der Waals surface area contributed by atoms with Crippen molar-refractivity contribution in [1.82, 2.24) is 0 Å². The fraction of sp³-hybridized carbons (Fsp3) is 0.417. The first-order valence-electron chi connectivity index (χ1n) is 5.59. The third-order valence-corrected chi connectivity index (χ3v) is 3.37. The highest BCUT2D eigenvalue weighted by molar-refractivity contribution is 6.30. The van der Waals surface area contributed by atoms with E-state index in [0.29, 0.717) is 18.8 Å². The van der Waals surface area contributed by atoms with Crippen LogP contribution in [0.25, 0.3) is 0 Å². The van der Waals surface area contributed by atoms with Crippen LogP contribution in [0.3, 0.4) is 0 Å². The monoisotopic (exact) mass is 272 g/mol. The Bertz CT molecular complexity index is 475. The van der Waals surface area contributed by atoms with Crippen LogP contribution in [0.15, 0.2) is 23.4 Å². The summed E-state index contributed by atoms with van der Waals surface area (Å²) in [5.74, 6) is 0.252. The second-order valence-electron chi connectivity index (χ2n) is 4.63. The average molecular weight is 273 g/mol. The molecule has 0 radical (unpaired) electrons. The number of halogens is 2. The molecule has 3 N–H and O–H groups in total. The van der Waals surface area contributed by atoms with Gasteiger partial charge in [-0.1, -0.05) is 16.8 Å². The maximum absolute atomic E-state index is 13.0. The summed E-state index contributed by atoms with van der Waals surface area (Å²) < 4.78 is 18.5. The van der Waals surface area contributed by atoms with E-state index in [4.69, 9.17) is 27.3 Å². The van der Waals surface area contributed by atoms with E-state index in [1.54, 1.807) is 0 Å². The summed E-state index contributed by atoms with van der Waals surface area (Å²) in [6, 6.07) is 4.23. The molecule has 1 aliphatic rings. The number of nitrogens with two attached hydrogens (primary N) is 1. The Balaban J connectivity index is 1.93. The fourth-order valence-corrected chi connectivity index (χ4v) is 1.94. The molecule has 0 spiro atoms. The molecule has 1 aliphatic carbocycles. The van der Waals surface area contributed by atoms with Crippen LogP contribution >= 0.6 is 11.6 Å². The van der Waals surface area contributed by atoms with Gasteiger partial charge in [0.05, 0.1) is 11.6 Å². The van der Waals surface area contributed by atoms with Gasteiger partial charge in [-0.2, -0.15) is 0 Å². The zero-order valence-corrected chi connectivity index (χ0v) is 10.5. The lowest BCUT2D eigenvalue weighted by Crippen LogP contribution is -2.22. The zero-order chi connectivity index (χ0) is 13.2. The molecule has 1 saturated carbocycles. The molecule has 4 nitrogen and oxygen atoms in total. The second-order valence-corrected chi connectivity index (χ2v) is 5.04. The van der Waals surface area contributed by atoms with Crippen LogP contribution in [0.4, 0.5) is 4.39 Å². The molecular formula is C12H14ClFN2O2. The van der Waals surface area contributed by atoms with E-state index in [1.807, 2.05) is 0 Å². The molecule has 0 amide bonds. The summed E-state index contributed by atoms with van der Waals surface area (Å²) >= 11 is 5.66. The number of rotatable bonds is 5. The van der Waals surface area contributed by atoms with Crippen molar-refractivity contribution in [3.63, 3.8) is 0 Å². The van der Waals surface area contributed by atoms with Gasteiger partial charge in [-0.3, -0.25) is 0 Å². The lowest BCUT2D eigenvalue weighted by atomic mass is 10.0. The molecule has 1 aromatic rings. The predicted octanol–water partition coefficient (Wildman–Crippen LogP) is 2.77. The highest BCUT2D eigenvalue weighted by Crippen LogP contribution is 2.49. The Kier molecular flexibility index (Phi) is 3.61. The van der Waals surface area contributed by atoms with E-state index in [0.717, 1.165) is 12.8 Å². The Morgan fingerprint density at radius 2 is 2.28 bits per heavy atom. The van der Waals surface area contributed by atoms with Crippen molar-refractivity contribution in [2.75, 3.05) is 6.61 Å².